The number of anilines is 1. The Morgan fingerprint density at radius 1 is 1.04 bits per heavy atom. The summed E-state index contributed by atoms with van der Waals surface area (Å²) in [6, 6.07) is 10.5. The van der Waals surface area contributed by atoms with Gasteiger partial charge in [-0.1, -0.05) is 6.07 Å². The summed E-state index contributed by atoms with van der Waals surface area (Å²) >= 11 is 0. The molecule has 0 radical (unpaired) electrons. The summed E-state index contributed by atoms with van der Waals surface area (Å²) in [6.45, 7) is 3.58. The number of nitrogens with one attached hydrogen (secondary N) is 1. The highest BCUT2D eigenvalue weighted by Crippen LogP contribution is 2.17. The molecule has 2 aromatic rings. The largest absolute Gasteiger partial charge is 0.497 e. The third-order valence-corrected chi connectivity index (χ3v) is 4.73. The lowest BCUT2D eigenvalue weighted by Crippen LogP contribution is -2.50. The molecule has 28 heavy (non-hydrogen) atoms. The first-order valence-corrected chi connectivity index (χ1v) is 9.12. The molecule has 1 N–H and O–H groups in total. The third kappa shape index (κ3) is 4.51. The van der Waals surface area contributed by atoms with Crippen LogP contribution in [0.25, 0.3) is 0 Å². The minimum absolute atomic E-state index is 0.0182. The predicted octanol–water partition coefficient (Wildman–Crippen LogP) is 1.44. The van der Waals surface area contributed by atoms with Crippen LogP contribution in [0, 0.1) is 0 Å². The molecule has 3 rings (SSSR count). The Morgan fingerprint density at radius 3 is 2.43 bits per heavy atom. The Morgan fingerprint density at radius 2 is 1.75 bits per heavy atom. The van der Waals surface area contributed by atoms with Crippen molar-refractivity contribution in [2.45, 2.75) is 13.5 Å². The maximum absolute atomic E-state index is 12.8. The summed E-state index contributed by atoms with van der Waals surface area (Å²) < 4.78 is 6.79. The van der Waals surface area contributed by atoms with E-state index in [1.807, 2.05) is 0 Å². The first-order chi connectivity index (χ1) is 13.5. The molecule has 0 saturated carbocycles. The summed E-state index contributed by atoms with van der Waals surface area (Å²) in [5, 5.41) is 2.81. The number of rotatable bonds is 5. The van der Waals surface area contributed by atoms with Crippen molar-refractivity contribution in [2.75, 3.05) is 38.6 Å². The maximum Gasteiger partial charge on any atom is 0.270 e. The van der Waals surface area contributed by atoms with E-state index < -0.39 is 0 Å². The number of benzene rings is 1. The van der Waals surface area contributed by atoms with Gasteiger partial charge in [0.2, 0.25) is 11.8 Å². The molecule has 1 aromatic carbocycles. The molecular weight excluding hydrogens is 360 g/mol. The molecule has 1 saturated heterocycles. The van der Waals surface area contributed by atoms with Gasteiger partial charge in [0.05, 0.1) is 7.11 Å². The van der Waals surface area contributed by atoms with Crippen molar-refractivity contribution >= 4 is 23.4 Å². The fraction of sp³-hybridized carbons (Fsp3) is 0.350. The van der Waals surface area contributed by atoms with Crippen molar-refractivity contribution in [1.29, 1.82) is 0 Å². The number of ether oxygens (including phenoxy) is 1. The van der Waals surface area contributed by atoms with Gasteiger partial charge in [-0.25, -0.2) is 0 Å². The van der Waals surface area contributed by atoms with Crippen molar-refractivity contribution in [3.05, 3.63) is 48.3 Å². The van der Waals surface area contributed by atoms with Crippen molar-refractivity contribution < 1.29 is 19.1 Å². The summed E-state index contributed by atoms with van der Waals surface area (Å²) in [4.78, 5) is 40.1. The zero-order valence-electron chi connectivity index (χ0n) is 16.1. The molecule has 8 nitrogen and oxygen atoms in total. The number of hydrogen-bond acceptors (Lipinski definition) is 4. The average Bonchev–Trinajstić information content (AvgIpc) is 3.15. The summed E-state index contributed by atoms with van der Waals surface area (Å²) in [5.74, 6) is 0.298. The Bertz CT molecular complexity index is 869. The molecule has 1 aromatic heterocycles. The van der Waals surface area contributed by atoms with E-state index in [-0.39, 0.29) is 24.3 Å². The Kier molecular flexibility index (Phi) is 5.98. The monoisotopic (exact) mass is 384 g/mol. The molecular formula is C20H24N4O4. The summed E-state index contributed by atoms with van der Waals surface area (Å²) in [6.07, 6.45) is 1.71. The number of hydrogen-bond donors (Lipinski definition) is 1. The molecule has 1 fully saturated rings. The third-order valence-electron chi connectivity index (χ3n) is 4.73. The highest BCUT2D eigenvalue weighted by molar-refractivity contribution is 5.95. The SMILES string of the molecule is COc1cccc(NC(=O)Cn2cccc2C(=O)N2CCN(C(C)=O)CC2)c1. The predicted molar refractivity (Wildman–Crippen MR) is 104 cm³/mol. The van der Waals surface area contributed by atoms with Crippen LogP contribution in [0.2, 0.25) is 0 Å². The lowest BCUT2D eigenvalue weighted by atomic mass is 10.2. The van der Waals surface area contributed by atoms with Crippen LogP contribution in [0.5, 0.6) is 5.75 Å². The number of carbonyl (C=O) groups excluding carboxylic acids is 3. The maximum atomic E-state index is 12.8. The van der Waals surface area contributed by atoms with E-state index >= 15 is 0 Å². The average molecular weight is 384 g/mol. The molecule has 0 aliphatic carbocycles. The lowest BCUT2D eigenvalue weighted by molar-refractivity contribution is -0.130. The molecule has 0 spiro atoms. The standard InChI is InChI=1S/C20H24N4O4/c1-15(25)22-9-11-23(12-10-22)20(27)18-7-4-8-24(18)14-19(26)21-16-5-3-6-17(13-16)28-2/h3-8,13H,9-12,14H2,1-2H3,(H,21,26). The topological polar surface area (TPSA) is 83.9 Å². The van der Waals surface area contributed by atoms with Gasteiger partial charge in [-0.05, 0) is 24.3 Å². The molecule has 1 aliphatic heterocycles. The number of nitrogens with zero attached hydrogens (tertiary/aromatic N) is 3. The molecule has 8 heteroatoms. The molecule has 1 aliphatic rings. The Labute approximate surface area is 163 Å². The van der Waals surface area contributed by atoms with E-state index in [1.165, 1.54) is 6.92 Å². The van der Waals surface area contributed by atoms with Gasteiger partial charge in [-0.3, -0.25) is 14.4 Å². The highest BCUT2D eigenvalue weighted by atomic mass is 16.5. The van der Waals surface area contributed by atoms with Gasteiger partial charge in [0, 0.05) is 51.1 Å². The fourth-order valence-corrected chi connectivity index (χ4v) is 3.19. The Hall–Kier alpha value is -3.29. The second kappa shape index (κ2) is 8.60. The van der Waals surface area contributed by atoms with Crippen LogP contribution in [0.15, 0.2) is 42.6 Å². The van der Waals surface area contributed by atoms with E-state index in [4.69, 9.17) is 4.74 Å². The van der Waals surface area contributed by atoms with Crippen LogP contribution in [-0.4, -0.2) is 65.4 Å². The molecule has 0 atom stereocenters. The second-order valence-corrected chi connectivity index (χ2v) is 6.60. The first kappa shape index (κ1) is 19.5. The van der Waals surface area contributed by atoms with Crippen molar-refractivity contribution in [3.63, 3.8) is 0 Å². The van der Waals surface area contributed by atoms with Gasteiger partial charge in [0.15, 0.2) is 0 Å². The molecule has 0 unspecified atom stereocenters. The van der Waals surface area contributed by atoms with Crippen LogP contribution in [0.1, 0.15) is 17.4 Å². The van der Waals surface area contributed by atoms with Gasteiger partial charge in [0.1, 0.15) is 18.0 Å². The summed E-state index contributed by atoms with van der Waals surface area (Å²) in [5.41, 5.74) is 1.09. The Balaban J connectivity index is 1.62. The second-order valence-electron chi connectivity index (χ2n) is 6.60. The minimum Gasteiger partial charge on any atom is -0.497 e. The van der Waals surface area contributed by atoms with Crippen LogP contribution < -0.4 is 10.1 Å². The molecule has 3 amide bonds. The van der Waals surface area contributed by atoms with Gasteiger partial charge in [-0.2, -0.15) is 0 Å². The number of amides is 3. The highest BCUT2D eigenvalue weighted by Gasteiger charge is 2.25. The van der Waals surface area contributed by atoms with Gasteiger partial charge in [0.25, 0.3) is 5.91 Å². The van der Waals surface area contributed by atoms with Crippen molar-refractivity contribution in [3.8, 4) is 5.75 Å². The normalized spacial score (nSPS) is 13.9. The molecule has 0 bridgehead atoms. The van der Waals surface area contributed by atoms with Crippen LogP contribution in [-0.2, 0) is 16.1 Å². The van der Waals surface area contributed by atoms with E-state index in [9.17, 15) is 14.4 Å². The van der Waals surface area contributed by atoms with E-state index in [2.05, 4.69) is 5.32 Å². The van der Waals surface area contributed by atoms with Crippen LogP contribution in [0.3, 0.4) is 0 Å². The first-order valence-electron chi connectivity index (χ1n) is 9.12. The van der Waals surface area contributed by atoms with Gasteiger partial charge < -0.3 is 24.4 Å². The summed E-state index contributed by atoms with van der Waals surface area (Å²) in [7, 11) is 1.56. The van der Waals surface area contributed by atoms with Crippen LogP contribution in [0.4, 0.5) is 5.69 Å². The van der Waals surface area contributed by atoms with Crippen molar-refractivity contribution in [2.24, 2.45) is 0 Å². The lowest BCUT2D eigenvalue weighted by Gasteiger charge is -2.34. The molecule has 2 heterocycles. The quantitative estimate of drug-likeness (QED) is 0.846. The number of aromatic nitrogens is 1. The van der Waals surface area contributed by atoms with Gasteiger partial charge in [-0.15, -0.1) is 0 Å². The van der Waals surface area contributed by atoms with Crippen molar-refractivity contribution in [1.82, 2.24) is 14.4 Å². The zero-order valence-corrected chi connectivity index (χ0v) is 16.1. The smallest absolute Gasteiger partial charge is 0.270 e. The van der Waals surface area contributed by atoms with Crippen LogP contribution >= 0.6 is 0 Å². The van der Waals surface area contributed by atoms with E-state index in [1.54, 1.807) is 64.1 Å². The number of methoxy groups -OCH3 is 1. The molecule has 148 valence electrons. The fourth-order valence-electron chi connectivity index (χ4n) is 3.19. The number of carbonyl (C=O) groups is 3. The van der Waals surface area contributed by atoms with E-state index in [0.717, 1.165) is 0 Å². The van der Waals surface area contributed by atoms with E-state index in [0.29, 0.717) is 43.3 Å². The zero-order chi connectivity index (χ0) is 20.1. The van der Waals surface area contributed by atoms with Gasteiger partial charge >= 0.3 is 0 Å². The minimum atomic E-state index is -0.236. The number of piperazine rings is 1.